The van der Waals surface area contributed by atoms with E-state index >= 15 is 0 Å². The lowest BCUT2D eigenvalue weighted by Gasteiger charge is -2.20. The maximum absolute atomic E-state index is 12.9. The quantitative estimate of drug-likeness (QED) is 0.0127. The number of carbonyl (C=O) groups is 4. The van der Waals surface area contributed by atoms with E-state index < -0.39 is 57.6 Å². The molecule has 0 aromatic heterocycles. The van der Waals surface area contributed by atoms with Gasteiger partial charge in [-0.05, 0) is 59.2 Å². The predicted molar refractivity (Wildman–Crippen MR) is 298 cm³/mol. The Morgan fingerprint density at radius 1 is 0.349 bits per heavy atom. The van der Waals surface area contributed by atoms with Crippen molar-refractivity contribution in [1.29, 1.82) is 0 Å². The van der Waals surface area contributed by atoms with Crippen LogP contribution in [-0.2, 0) is 263 Å². The molecule has 56 nitrogen and oxygen atoms in total. The van der Waals surface area contributed by atoms with Gasteiger partial charge in [0, 0.05) is 187 Å². The first-order chi connectivity index (χ1) is 52.1. The van der Waals surface area contributed by atoms with Gasteiger partial charge in [-0.15, -0.1) is 0 Å². The first kappa shape index (κ1) is 102. The van der Waals surface area contributed by atoms with Gasteiger partial charge < -0.3 is 29.7 Å². The molecule has 0 aliphatic rings. The number of hydrogen-bond donors (Lipinski definition) is 3. The molecular weight excluding hydrogens is 1510 g/mol. The summed E-state index contributed by atoms with van der Waals surface area (Å²) < 4.78 is 33.7. The number of phosphoric acid groups is 1. The van der Waals surface area contributed by atoms with Crippen molar-refractivity contribution in [3.63, 3.8) is 0 Å². The summed E-state index contributed by atoms with van der Waals surface area (Å²) in [4.78, 5) is 75.3. The highest BCUT2D eigenvalue weighted by Crippen LogP contribution is 2.43. The van der Waals surface area contributed by atoms with E-state index in [-0.39, 0.29) is 45.6 Å². The molecule has 0 heterocycles. The zero-order valence-electron chi connectivity index (χ0n) is 57.5. The van der Waals surface area contributed by atoms with Gasteiger partial charge in [-0.3, -0.25) is 23.4 Å². The molecule has 0 aromatic rings. The van der Waals surface area contributed by atoms with Crippen LogP contribution < -0.4 is 5.32 Å². The lowest BCUT2D eigenvalue weighted by atomic mass is 10.0. The third-order valence-corrected chi connectivity index (χ3v) is 12.9. The summed E-state index contributed by atoms with van der Waals surface area (Å²) in [5, 5.41) is 155. The van der Waals surface area contributed by atoms with Gasteiger partial charge in [0.15, 0.2) is 12.7 Å². The molecule has 2 atom stereocenters. The van der Waals surface area contributed by atoms with Crippen molar-refractivity contribution < 1.29 is 273 Å². The summed E-state index contributed by atoms with van der Waals surface area (Å²) in [5.41, 5.74) is 0. The van der Waals surface area contributed by atoms with Gasteiger partial charge in [-0.25, -0.2) is 24.0 Å². The van der Waals surface area contributed by atoms with Crippen molar-refractivity contribution in [2.45, 2.75) is 232 Å². The van der Waals surface area contributed by atoms with Gasteiger partial charge >= 0.3 is 25.7 Å². The Morgan fingerprint density at radius 3 is 0.991 bits per heavy atom. The number of nitrogens with one attached hydrogen (secondary N) is 1. The number of carboxylic acids is 1. The second-order valence-corrected chi connectivity index (χ2v) is 21.3. The Hall–Kier alpha value is -4.19. The number of aliphatic carboxylic acids is 1. The molecule has 0 fully saturated rings. The summed E-state index contributed by atoms with van der Waals surface area (Å²) in [7, 11) is -4.74. The van der Waals surface area contributed by atoms with Gasteiger partial charge in [0.25, 0.3) is 0 Å². The molecular formula is C49H92NO55P. The van der Waals surface area contributed by atoms with Crippen LogP contribution in [0.1, 0.15) is 226 Å². The number of ether oxygens (including phenoxy) is 2. The van der Waals surface area contributed by atoms with Crippen LogP contribution in [0.2, 0.25) is 0 Å². The molecule has 106 heavy (non-hydrogen) atoms. The smallest absolute Gasteiger partial charge is 0.472 e. The largest absolute Gasteiger partial charge is 0.479 e. The van der Waals surface area contributed by atoms with Crippen molar-refractivity contribution in [3.05, 3.63) is 12.3 Å². The molecule has 1 amide bonds. The second-order valence-electron chi connectivity index (χ2n) is 19.8. The molecule has 0 bridgehead atoms. The lowest BCUT2D eigenvalue weighted by Crippen LogP contribution is -2.30. The summed E-state index contributed by atoms with van der Waals surface area (Å²) in [6.45, 7) is 1.47. The molecule has 0 saturated heterocycles. The normalized spacial score (nSPS) is 12.5. The second kappa shape index (κ2) is 86.4. The number of esters is 2. The topological polar surface area (TPSA) is 581 Å². The fraction of sp³-hybridized carbons (Fsp3) is 0.878. The Morgan fingerprint density at radius 2 is 0.651 bits per heavy atom. The average Bonchev–Trinajstić information content (AvgIpc) is 0.922. The van der Waals surface area contributed by atoms with E-state index in [4.69, 9.17) is 23.6 Å². The molecule has 57 heteroatoms. The Kier molecular flexibility index (Phi) is 83.0. The van der Waals surface area contributed by atoms with Crippen molar-refractivity contribution in [3.8, 4) is 0 Å². The number of hydrogen-bond acceptors (Lipinski definition) is 53. The highest BCUT2D eigenvalue weighted by atomic mass is 31.2. The molecule has 1 unspecified atom stereocenters. The van der Waals surface area contributed by atoms with Crippen molar-refractivity contribution in [1.82, 2.24) is 5.32 Å². The minimum absolute atomic E-state index is 0.115. The summed E-state index contributed by atoms with van der Waals surface area (Å²) in [6.07, 6.45) is 36.1. The molecule has 0 rings (SSSR count). The van der Waals surface area contributed by atoms with Crippen molar-refractivity contribution in [2.24, 2.45) is 0 Å². The first-order valence-electron chi connectivity index (χ1n) is 32.4. The van der Waals surface area contributed by atoms with Crippen LogP contribution in [0.25, 0.3) is 0 Å². The predicted octanol–water partition coefficient (Wildman–Crippen LogP) is 9.36. The van der Waals surface area contributed by atoms with Crippen LogP contribution in [0.3, 0.4) is 0 Å². The molecule has 0 radical (unpaired) electrons. The van der Waals surface area contributed by atoms with E-state index in [1.54, 1.807) is 0 Å². The number of carbonyl (C=O) groups excluding carboxylic acids is 3. The van der Waals surface area contributed by atoms with E-state index in [2.05, 4.69) is 240 Å². The van der Waals surface area contributed by atoms with Crippen LogP contribution in [0.4, 0.5) is 0 Å². The fourth-order valence-electron chi connectivity index (χ4n) is 7.48. The fourth-order valence-corrected chi connectivity index (χ4v) is 8.23. The molecule has 0 aromatic carbocycles. The summed E-state index contributed by atoms with van der Waals surface area (Å²) in [5.74, 6) is -2.91. The van der Waals surface area contributed by atoms with E-state index in [1.165, 1.54) is 135 Å². The summed E-state index contributed by atoms with van der Waals surface area (Å²) >= 11 is 0. The van der Waals surface area contributed by atoms with Gasteiger partial charge in [0.05, 0.1) is 13.2 Å². The molecule has 0 aliphatic heterocycles. The highest BCUT2D eigenvalue weighted by molar-refractivity contribution is 7.47. The van der Waals surface area contributed by atoms with Crippen LogP contribution in [0.5, 0.6) is 0 Å². The number of unbranched alkanes of at least 4 members (excludes halogenated alkanes) is 28. The number of rotatable bonds is 92. The van der Waals surface area contributed by atoms with Gasteiger partial charge in [0.2, 0.25) is 5.91 Å². The first-order valence-corrected chi connectivity index (χ1v) is 33.9. The molecule has 628 valence electrons. The maximum Gasteiger partial charge on any atom is 0.472 e. The zero-order valence-corrected chi connectivity index (χ0v) is 58.4. The minimum atomic E-state index is -4.74. The molecule has 0 spiro atoms. The van der Waals surface area contributed by atoms with E-state index in [0.29, 0.717) is 12.8 Å². The lowest BCUT2D eigenvalue weighted by molar-refractivity contribution is -0.909. The Balaban J connectivity index is 3.90. The third kappa shape index (κ3) is 87.0. The molecule has 3 N–H and O–H groups in total. The third-order valence-electron chi connectivity index (χ3n) is 11.9. The number of carboxylic acid groups (broad SMARTS) is 1. The monoisotopic (exact) mass is 1610 g/mol. The van der Waals surface area contributed by atoms with E-state index in [1.807, 2.05) is 0 Å². The SMILES string of the molecule is CCCCCCCCCCCCCCCCCC(=O)OC[C@H](COP(=O)(O)OCCNC(=O)CC=COOOOOOOOOOOOOOOOOOOOOOOOOOOOOOOOOOOOOOOOOOCCOOCC(=O)O)OC(=O)CCCCCCCCCCCCCCCCC. The molecule has 0 aliphatic carbocycles. The van der Waals surface area contributed by atoms with E-state index in [9.17, 15) is 28.6 Å². The maximum atomic E-state index is 12.9. The average molecular weight is 1610 g/mol. The molecule has 0 saturated carbocycles. The zero-order chi connectivity index (χ0) is 76.7. The number of phosphoric ester groups is 1. The van der Waals surface area contributed by atoms with Crippen LogP contribution in [0, 0.1) is 0 Å². The Bertz CT molecular complexity index is 1940. The summed E-state index contributed by atoms with van der Waals surface area (Å²) in [6, 6.07) is 0. The van der Waals surface area contributed by atoms with E-state index in [0.717, 1.165) is 57.3 Å². The van der Waals surface area contributed by atoms with Gasteiger partial charge in [-0.1, -0.05) is 194 Å². The van der Waals surface area contributed by atoms with Gasteiger partial charge in [0.1, 0.15) is 26.1 Å². The van der Waals surface area contributed by atoms with Crippen LogP contribution in [0.15, 0.2) is 12.3 Å². The minimum Gasteiger partial charge on any atom is -0.479 e. The standard InChI is InChI=1S/C49H92NO55P/c1-3-5-7-9-11-13-15-17-19-21-23-25-27-29-31-35-48(54)58-42-45(65-49(55)36-32-30-28-26-24-22-20-18-16-14-12-10-8-6-4-2)43-64-106(56,57)63-39-37-50-46(51)34-33-38-60-66-68-70-72-74-76-78-80-82-84-86-88-90-92-94-96-98-100-102-104-105-103-101-99-97-95-93-91-89-87-85-83-81-79-77-75-73-71-69-67-61-41-40-59-62-44-47(52)53/h33,38,45H,3-32,34-37,39-44H2,1-2H3,(H,50,51)(H,52,53)(H,56,57)/t45-/m1/s1. The van der Waals surface area contributed by atoms with Crippen molar-refractivity contribution in [2.75, 3.05) is 46.2 Å². The van der Waals surface area contributed by atoms with Gasteiger partial charge in [-0.2, -0.15) is 0 Å². The Labute approximate surface area is 599 Å². The van der Waals surface area contributed by atoms with Crippen LogP contribution in [-0.4, -0.2) is 86.1 Å². The van der Waals surface area contributed by atoms with Crippen LogP contribution >= 0.6 is 7.82 Å². The highest BCUT2D eigenvalue weighted by Gasteiger charge is 2.26. The number of amides is 1. The van der Waals surface area contributed by atoms with Crippen molar-refractivity contribution >= 4 is 31.6 Å².